The molecule has 9 nitrogen and oxygen atoms in total. The van der Waals surface area contributed by atoms with Crippen LogP contribution in [0, 0.1) is 5.41 Å². The number of anilines is 3. The van der Waals surface area contributed by atoms with Gasteiger partial charge < -0.3 is 25.0 Å². The number of imidazole rings is 1. The summed E-state index contributed by atoms with van der Waals surface area (Å²) in [5.41, 5.74) is -0.0879. The SMILES string of the molecule is Cn1c(Nc2c(Cl)ccc(CNC(O)C(C)(C)C)c2Cl)nc2cc(C(=O)Nc3ccc(C(F)(F)F)cn3)c(OCC(F)F)cc21. The van der Waals surface area contributed by atoms with Crippen LogP contribution >= 0.6 is 23.2 Å². The summed E-state index contributed by atoms with van der Waals surface area (Å²) >= 11 is 13.1. The van der Waals surface area contributed by atoms with Crippen molar-refractivity contribution in [2.45, 2.75) is 46.1 Å². The minimum Gasteiger partial charge on any atom is -0.487 e. The molecule has 2 aromatic heterocycles. The van der Waals surface area contributed by atoms with E-state index in [1.807, 2.05) is 20.8 Å². The van der Waals surface area contributed by atoms with Crippen LogP contribution in [-0.4, -0.2) is 44.8 Å². The highest BCUT2D eigenvalue weighted by atomic mass is 35.5. The number of fused-ring (bicyclic) bond motifs is 1. The van der Waals surface area contributed by atoms with Crippen molar-refractivity contribution in [2.75, 3.05) is 17.2 Å². The lowest BCUT2D eigenvalue weighted by molar-refractivity contribution is -0.137. The van der Waals surface area contributed by atoms with Crippen molar-refractivity contribution >= 4 is 57.6 Å². The molecule has 0 fully saturated rings. The molecule has 4 N–H and O–H groups in total. The van der Waals surface area contributed by atoms with Crippen LogP contribution in [0.15, 0.2) is 42.6 Å². The first-order valence-electron chi connectivity index (χ1n) is 13.4. The first kappa shape index (κ1) is 34.2. The summed E-state index contributed by atoms with van der Waals surface area (Å²) in [6.07, 6.45) is -7.74. The number of pyridine rings is 1. The highest BCUT2D eigenvalue weighted by Crippen LogP contribution is 2.37. The van der Waals surface area contributed by atoms with Crippen LogP contribution in [0.1, 0.15) is 42.3 Å². The van der Waals surface area contributed by atoms with Gasteiger partial charge in [0.1, 0.15) is 24.4 Å². The Balaban J connectivity index is 1.66. The number of hydrogen-bond donors (Lipinski definition) is 4. The first-order valence-corrected chi connectivity index (χ1v) is 14.1. The summed E-state index contributed by atoms with van der Waals surface area (Å²) < 4.78 is 71.5. The van der Waals surface area contributed by atoms with E-state index in [1.54, 1.807) is 23.7 Å². The number of aryl methyl sites for hydroxylation is 1. The Morgan fingerprint density at radius 2 is 1.82 bits per heavy atom. The molecule has 242 valence electrons. The maximum atomic E-state index is 13.1. The van der Waals surface area contributed by atoms with Gasteiger partial charge in [0.25, 0.3) is 12.3 Å². The van der Waals surface area contributed by atoms with Crippen molar-refractivity contribution in [1.29, 1.82) is 0 Å². The number of nitrogens with one attached hydrogen (secondary N) is 3. The second-order valence-corrected chi connectivity index (χ2v) is 11.9. The molecule has 0 radical (unpaired) electrons. The number of benzene rings is 2. The van der Waals surface area contributed by atoms with E-state index < -0.39 is 42.3 Å². The number of rotatable bonds is 10. The average molecular weight is 675 g/mol. The number of amides is 1. The second-order valence-electron chi connectivity index (χ2n) is 11.1. The van der Waals surface area contributed by atoms with E-state index in [1.165, 1.54) is 12.1 Å². The van der Waals surface area contributed by atoms with Gasteiger partial charge in [-0.15, -0.1) is 0 Å². The summed E-state index contributed by atoms with van der Waals surface area (Å²) in [4.78, 5) is 21.3. The molecule has 2 aromatic carbocycles. The predicted octanol–water partition coefficient (Wildman–Crippen LogP) is 7.39. The molecule has 4 rings (SSSR count). The Bertz CT molecular complexity index is 1690. The summed E-state index contributed by atoms with van der Waals surface area (Å²) in [7, 11) is 1.62. The molecule has 1 amide bonds. The Morgan fingerprint density at radius 1 is 1.11 bits per heavy atom. The lowest BCUT2D eigenvalue weighted by atomic mass is 9.94. The highest BCUT2D eigenvalue weighted by Gasteiger charge is 2.31. The minimum atomic E-state index is -4.62. The molecule has 0 bridgehead atoms. The van der Waals surface area contributed by atoms with Gasteiger partial charge in [0.2, 0.25) is 5.95 Å². The number of carbonyl (C=O) groups excluding carboxylic acids is 1. The van der Waals surface area contributed by atoms with Crippen molar-refractivity contribution in [3.05, 3.63) is 69.3 Å². The molecule has 2 heterocycles. The smallest absolute Gasteiger partial charge is 0.417 e. The van der Waals surface area contributed by atoms with E-state index in [2.05, 4.69) is 25.9 Å². The van der Waals surface area contributed by atoms with Crippen molar-refractivity contribution in [2.24, 2.45) is 12.5 Å². The fraction of sp³-hybridized carbons (Fsp3) is 0.345. The zero-order chi connectivity index (χ0) is 33.3. The molecule has 0 spiro atoms. The zero-order valence-corrected chi connectivity index (χ0v) is 25.9. The van der Waals surface area contributed by atoms with Crippen LogP contribution in [-0.2, 0) is 19.8 Å². The molecule has 16 heteroatoms. The summed E-state index contributed by atoms with van der Waals surface area (Å²) in [6, 6.07) is 7.65. The first-order chi connectivity index (χ1) is 21.0. The molecule has 45 heavy (non-hydrogen) atoms. The van der Waals surface area contributed by atoms with E-state index >= 15 is 0 Å². The monoisotopic (exact) mass is 674 g/mol. The summed E-state index contributed by atoms with van der Waals surface area (Å²) in [6.45, 7) is 4.82. The molecule has 0 saturated heterocycles. The lowest BCUT2D eigenvalue weighted by Gasteiger charge is -2.27. The topological polar surface area (TPSA) is 113 Å². The average Bonchev–Trinajstić information content (AvgIpc) is 3.26. The molecule has 1 atom stereocenters. The highest BCUT2D eigenvalue weighted by molar-refractivity contribution is 6.39. The van der Waals surface area contributed by atoms with Crippen LogP contribution in [0.2, 0.25) is 10.0 Å². The van der Waals surface area contributed by atoms with E-state index in [4.69, 9.17) is 27.9 Å². The standard InChI is InChI=1S/C29H29Cl2F5N6O3/c1-28(2,3)26(44)38-11-14-5-7-17(30)24(23(14)31)41-27-39-18-9-16(20(45-13-21(32)33)10-19(18)42(27)4)25(43)40-22-8-6-15(12-37-22)29(34,35)36/h5-10,12,21,26,38,44H,11,13H2,1-4H3,(H,39,41)(H,37,40,43). The predicted molar refractivity (Wildman–Crippen MR) is 161 cm³/mol. The van der Waals surface area contributed by atoms with Crippen molar-refractivity contribution in [3.63, 3.8) is 0 Å². The van der Waals surface area contributed by atoms with Crippen molar-refractivity contribution in [3.8, 4) is 5.75 Å². The number of carbonyl (C=O) groups is 1. The molecular formula is C29H29Cl2F5N6O3. The number of aliphatic hydroxyl groups is 1. The van der Waals surface area contributed by atoms with Crippen LogP contribution in [0.4, 0.5) is 39.4 Å². The fourth-order valence-electron chi connectivity index (χ4n) is 4.07. The Hall–Kier alpha value is -3.72. The molecule has 1 unspecified atom stereocenters. The number of aromatic nitrogens is 3. The molecular weight excluding hydrogens is 646 g/mol. The quantitative estimate of drug-likeness (QED) is 0.102. The van der Waals surface area contributed by atoms with Gasteiger partial charge in [0.05, 0.1) is 37.9 Å². The molecule has 4 aromatic rings. The maximum absolute atomic E-state index is 13.1. The molecule has 0 aliphatic rings. The third kappa shape index (κ3) is 8.12. The largest absolute Gasteiger partial charge is 0.487 e. The molecule has 0 saturated carbocycles. The maximum Gasteiger partial charge on any atom is 0.417 e. The third-order valence-corrected chi connectivity index (χ3v) is 7.38. The number of hydrogen-bond acceptors (Lipinski definition) is 7. The van der Waals surface area contributed by atoms with Gasteiger partial charge in [0.15, 0.2) is 0 Å². The van der Waals surface area contributed by atoms with E-state index in [0.29, 0.717) is 23.0 Å². The number of nitrogens with zero attached hydrogens (tertiary/aromatic N) is 3. The van der Waals surface area contributed by atoms with Gasteiger partial charge in [-0.3, -0.25) is 10.1 Å². The summed E-state index contributed by atoms with van der Waals surface area (Å²) in [5.74, 6) is -1.08. The van der Waals surface area contributed by atoms with Gasteiger partial charge >= 0.3 is 6.18 Å². The normalized spacial score (nSPS) is 12.9. The van der Waals surface area contributed by atoms with Crippen LogP contribution in [0.5, 0.6) is 5.75 Å². The van der Waals surface area contributed by atoms with Gasteiger partial charge in [-0.2, -0.15) is 13.2 Å². The summed E-state index contributed by atoms with van der Waals surface area (Å²) in [5, 5.41) is 19.3. The lowest BCUT2D eigenvalue weighted by Crippen LogP contribution is -2.39. The molecule has 0 aliphatic heterocycles. The number of aliphatic hydroxyl groups excluding tert-OH is 1. The van der Waals surface area contributed by atoms with Crippen LogP contribution < -0.4 is 20.7 Å². The van der Waals surface area contributed by atoms with Crippen molar-refractivity contribution < 1.29 is 36.6 Å². The Kier molecular flexibility index (Phi) is 10.1. The number of alkyl halides is 5. The Labute approximate surface area is 264 Å². The van der Waals surface area contributed by atoms with E-state index in [9.17, 15) is 31.9 Å². The number of halogens is 7. The van der Waals surface area contributed by atoms with Crippen LogP contribution in [0.25, 0.3) is 11.0 Å². The third-order valence-electron chi connectivity index (χ3n) is 6.64. The van der Waals surface area contributed by atoms with Gasteiger partial charge in [0, 0.05) is 31.3 Å². The van der Waals surface area contributed by atoms with Gasteiger partial charge in [-0.05, 0) is 29.8 Å². The Morgan fingerprint density at radius 3 is 2.42 bits per heavy atom. The fourth-order valence-corrected chi connectivity index (χ4v) is 4.60. The van der Waals surface area contributed by atoms with Gasteiger partial charge in [-0.25, -0.2) is 18.7 Å². The van der Waals surface area contributed by atoms with Gasteiger partial charge in [-0.1, -0.05) is 50.0 Å². The van der Waals surface area contributed by atoms with E-state index in [0.717, 1.165) is 12.1 Å². The second kappa shape index (κ2) is 13.3. The van der Waals surface area contributed by atoms with Crippen molar-refractivity contribution in [1.82, 2.24) is 19.9 Å². The van der Waals surface area contributed by atoms with Crippen LogP contribution in [0.3, 0.4) is 0 Å². The van der Waals surface area contributed by atoms with E-state index in [-0.39, 0.29) is 45.2 Å². The number of ether oxygens (including phenoxy) is 1. The molecule has 0 aliphatic carbocycles. The minimum absolute atomic E-state index is 0.204. The zero-order valence-electron chi connectivity index (χ0n) is 24.4.